The Morgan fingerprint density at radius 1 is 0.963 bits per heavy atom. The molecule has 2 heterocycles. The number of aliphatic hydroxyl groups is 1. The molecule has 0 unspecified atom stereocenters. The largest absolute Gasteiger partial charge is 0.390 e. The van der Waals surface area contributed by atoms with Gasteiger partial charge in [0.15, 0.2) is 0 Å². The molecule has 1 aliphatic rings. The molecule has 0 amide bonds. The van der Waals surface area contributed by atoms with Crippen molar-refractivity contribution in [2.75, 3.05) is 19.6 Å². The fourth-order valence-electron chi connectivity index (χ4n) is 4.25. The standard InChI is InChI=1S/C21H24Br2N2O2/c1-13-9-24(10-14(2)27-13)11-17(26)12-25-20-5-3-15(22)7-18(20)19-8-16(23)4-6-21(19)25/h3-8,13-14,17,26H,9-12H2,1-2H3/t13-,14+,17-/m0/s1. The van der Waals surface area contributed by atoms with Gasteiger partial charge in [-0.25, -0.2) is 0 Å². The molecule has 27 heavy (non-hydrogen) atoms. The van der Waals surface area contributed by atoms with Crippen molar-refractivity contribution in [2.24, 2.45) is 0 Å². The normalized spacial score (nSPS) is 22.6. The van der Waals surface area contributed by atoms with E-state index in [0.717, 1.165) is 33.1 Å². The molecule has 0 saturated carbocycles. The summed E-state index contributed by atoms with van der Waals surface area (Å²) < 4.78 is 10.2. The Morgan fingerprint density at radius 2 is 1.48 bits per heavy atom. The monoisotopic (exact) mass is 494 g/mol. The lowest BCUT2D eigenvalue weighted by molar-refractivity contribution is -0.0771. The molecule has 4 nitrogen and oxygen atoms in total. The summed E-state index contributed by atoms with van der Waals surface area (Å²) in [6.07, 6.45) is -0.0126. The highest BCUT2D eigenvalue weighted by atomic mass is 79.9. The molecular formula is C21H24Br2N2O2. The number of aliphatic hydroxyl groups excluding tert-OH is 1. The Morgan fingerprint density at radius 3 is 2.00 bits per heavy atom. The minimum absolute atomic E-state index is 0.212. The van der Waals surface area contributed by atoms with Gasteiger partial charge in [-0.2, -0.15) is 0 Å². The second-order valence-electron chi connectivity index (χ2n) is 7.56. The molecule has 0 radical (unpaired) electrons. The van der Waals surface area contributed by atoms with E-state index in [1.165, 1.54) is 10.8 Å². The van der Waals surface area contributed by atoms with Crippen LogP contribution >= 0.6 is 31.9 Å². The van der Waals surface area contributed by atoms with Crippen LogP contribution in [-0.2, 0) is 11.3 Å². The molecule has 0 bridgehead atoms. The minimum Gasteiger partial charge on any atom is -0.390 e. The SMILES string of the molecule is C[C@@H]1CN(C[C@H](O)Cn2c3ccc(Br)cc3c3cc(Br)ccc32)C[C@H](C)O1. The van der Waals surface area contributed by atoms with Crippen LogP contribution < -0.4 is 0 Å². The van der Waals surface area contributed by atoms with Crippen LogP contribution in [0.15, 0.2) is 45.3 Å². The number of hydrogen-bond acceptors (Lipinski definition) is 3. The highest BCUT2D eigenvalue weighted by molar-refractivity contribution is 9.10. The average molecular weight is 496 g/mol. The summed E-state index contributed by atoms with van der Waals surface area (Å²) in [6.45, 7) is 7.16. The molecule has 3 atom stereocenters. The zero-order valence-electron chi connectivity index (χ0n) is 15.5. The molecule has 1 aliphatic heterocycles. The number of ether oxygens (including phenoxy) is 1. The number of fused-ring (bicyclic) bond motifs is 3. The quantitative estimate of drug-likeness (QED) is 0.565. The molecule has 2 aromatic carbocycles. The van der Waals surface area contributed by atoms with E-state index in [-0.39, 0.29) is 12.2 Å². The van der Waals surface area contributed by atoms with Crippen molar-refractivity contribution in [1.29, 1.82) is 0 Å². The molecule has 1 aromatic heterocycles. The van der Waals surface area contributed by atoms with Crippen molar-refractivity contribution in [2.45, 2.75) is 38.7 Å². The molecule has 0 aliphatic carbocycles. The van der Waals surface area contributed by atoms with Crippen LogP contribution in [0.1, 0.15) is 13.8 Å². The number of aromatic nitrogens is 1. The third-order valence-electron chi connectivity index (χ3n) is 5.15. The molecule has 1 fully saturated rings. The number of hydrogen-bond donors (Lipinski definition) is 1. The van der Waals surface area contributed by atoms with Crippen LogP contribution in [-0.4, -0.2) is 52.5 Å². The van der Waals surface area contributed by atoms with Crippen molar-refractivity contribution in [1.82, 2.24) is 9.47 Å². The zero-order valence-corrected chi connectivity index (χ0v) is 18.7. The number of nitrogens with zero attached hydrogens (tertiary/aromatic N) is 2. The van der Waals surface area contributed by atoms with Crippen molar-refractivity contribution in [3.8, 4) is 0 Å². The molecule has 3 aromatic rings. The summed E-state index contributed by atoms with van der Waals surface area (Å²) in [6, 6.07) is 12.7. The van der Waals surface area contributed by atoms with Gasteiger partial charge in [-0.05, 0) is 50.2 Å². The second kappa shape index (κ2) is 7.84. The highest BCUT2D eigenvalue weighted by Gasteiger charge is 2.24. The first kappa shape index (κ1) is 19.4. The number of β-amino-alcohol motifs (C(OH)–C–C–N with tert-alkyl or cyclic N) is 1. The molecule has 4 rings (SSSR count). The van der Waals surface area contributed by atoms with Gasteiger partial charge in [0.2, 0.25) is 0 Å². The Hall–Kier alpha value is -0.920. The summed E-state index contributed by atoms with van der Waals surface area (Å²) >= 11 is 7.17. The van der Waals surface area contributed by atoms with E-state index in [2.05, 4.69) is 91.6 Å². The Kier molecular flexibility index (Phi) is 5.63. The first-order chi connectivity index (χ1) is 12.9. The van der Waals surface area contributed by atoms with Crippen molar-refractivity contribution < 1.29 is 9.84 Å². The minimum atomic E-state index is -0.436. The fraction of sp³-hybridized carbons (Fsp3) is 0.429. The highest BCUT2D eigenvalue weighted by Crippen LogP contribution is 2.33. The smallest absolute Gasteiger partial charge is 0.0846 e. The summed E-state index contributed by atoms with van der Waals surface area (Å²) in [5.74, 6) is 0. The van der Waals surface area contributed by atoms with Gasteiger partial charge >= 0.3 is 0 Å². The zero-order chi connectivity index (χ0) is 19.1. The topological polar surface area (TPSA) is 37.6 Å². The lowest BCUT2D eigenvalue weighted by Gasteiger charge is -2.36. The van der Waals surface area contributed by atoms with E-state index in [1.54, 1.807) is 0 Å². The summed E-state index contributed by atoms with van der Waals surface area (Å²) in [7, 11) is 0. The van der Waals surface area contributed by atoms with Gasteiger partial charge in [0.05, 0.1) is 24.9 Å². The summed E-state index contributed by atoms with van der Waals surface area (Å²) in [4.78, 5) is 2.31. The predicted octanol–water partition coefficient (Wildman–Crippen LogP) is 4.79. The van der Waals surface area contributed by atoms with Crippen molar-refractivity contribution in [3.63, 3.8) is 0 Å². The van der Waals surface area contributed by atoms with E-state index in [4.69, 9.17) is 4.74 Å². The molecular weight excluding hydrogens is 472 g/mol. The van der Waals surface area contributed by atoms with Gasteiger partial charge in [-0.3, -0.25) is 4.90 Å². The summed E-state index contributed by atoms with van der Waals surface area (Å²) in [5, 5.41) is 13.2. The number of rotatable bonds is 4. The Balaban J connectivity index is 1.64. The van der Waals surface area contributed by atoms with E-state index in [1.807, 2.05) is 0 Å². The van der Waals surface area contributed by atoms with E-state index >= 15 is 0 Å². The van der Waals surface area contributed by atoms with Crippen LogP contribution in [0, 0.1) is 0 Å². The van der Waals surface area contributed by atoms with Gasteiger partial charge in [-0.15, -0.1) is 0 Å². The molecule has 1 N–H and O–H groups in total. The number of halogens is 2. The van der Waals surface area contributed by atoms with Crippen molar-refractivity contribution in [3.05, 3.63) is 45.3 Å². The van der Waals surface area contributed by atoms with Gasteiger partial charge in [-0.1, -0.05) is 31.9 Å². The van der Waals surface area contributed by atoms with Gasteiger partial charge < -0.3 is 14.4 Å². The lowest BCUT2D eigenvalue weighted by Crippen LogP contribution is -2.48. The van der Waals surface area contributed by atoms with Crippen LogP contribution in [0.5, 0.6) is 0 Å². The molecule has 1 saturated heterocycles. The predicted molar refractivity (Wildman–Crippen MR) is 117 cm³/mol. The second-order valence-corrected chi connectivity index (χ2v) is 9.39. The van der Waals surface area contributed by atoms with Gasteiger partial charge in [0.25, 0.3) is 0 Å². The van der Waals surface area contributed by atoms with E-state index in [9.17, 15) is 5.11 Å². The molecule has 144 valence electrons. The first-order valence-corrected chi connectivity index (χ1v) is 10.9. The van der Waals surface area contributed by atoms with Crippen molar-refractivity contribution >= 4 is 53.7 Å². The fourth-order valence-corrected chi connectivity index (χ4v) is 4.97. The van der Waals surface area contributed by atoms with Gasteiger partial charge in [0.1, 0.15) is 0 Å². The third kappa shape index (κ3) is 4.10. The first-order valence-electron chi connectivity index (χ1n) is 9.33. The maximum atomic E-state index is 10.9. The van der Waals surface area contributed by atoms with E-state index < -0.39 is 6.10 Å². The van der Waals surface area contributed by atoms with Crippen LogP contribution in [0.25, 0.3) is 21.8 Å². The Bertz CT molecular complexity index is 902. The maximum Gasteiger partial charge on any atom is 0.0846 e. The van der Waals surface area contributed by atoms with Crippen LogP contribution in [0.3, 0.4) is 0 Å². The average Bonchev–Trinajstić information content (AvgIpc) is 2.86. The lowest BCUT2D eigenvalue weighted by atomic mass is 10.2. The molecule has 0 spiro atoms. The number of benzene rings is 2. The van der Waals surface area contributed by atoms with Crippen LogP contribution in [0.2, 0.25) is 0 Å². The van der Waals surface area contributed by atoms with Crippen LogP contribution in [0.4, 0.5) is 0 Å². The van der Waals surface area contributed by atoms with Gasteiger partial charge in [0, 0.05) is 50.4 Å². The third-order valence-corrected chi connectivity index (χ3v) is 6.13. The summed E-state index contributed by atoms with van der Waals surface area (Å²) in [5.41, 5.74) is 2.29. The Labute approximate surface area is 176 Å². The maximum absolute atomic E-state index is 10.9. The van der Waals surface area contributed by atoms with E-state index in [0.29, 0.717) is 13.1 Å². The number of morpholine rings is 1. The molecule has 6 heteroatoms.